The number of hydrogen-bond acceptors (Lipinski definition) is 4. The number of nitrogens with one attached hydrogen (secondary N) is 1. The molecular weight excluding hydrogens is 320 g/mol. The van der Waals surface area contributed by atoms with Crippen molar-refractivity contribution in [3.63, 3.8) is 0 Å². The van der Waals surface area contributed by atoms with Gasteiger partial charge in [0.2, 0.25) is 11.8 Å². The average Bonchev–Trinajstić information content (AvgIpc) is 3.11. The lowest BCUT2D eigenvalue weighted by atomic mass is 9.87. The average molecular weight is 346 g/mol. The van der Waals surface area contributed by atoms with Crippen LogP contribution in [0, 0.1) is 0 Å². The van der Waals surface area contributed by atoms with Crippen molar-refractivity contribution in [2.24, 2.45) is 0 Å². The van der Waals surface area contributed by atoms with Gasteiger partial charge in [-0.05, 0) is 55.4 Å². The first-order valence-corrected chi connectivity index (χ1v) is 8.87. The fourth-order valence-corrected chi connectivity index (χ4v) is 3.96. The van der Waals surface area contributed by atoms with Crippen molar-refractivity contribution in [2.75, 3.05) is 20.8 Å². The monoisotopic (exact) mass is 346 g/mol. The highest BCUT2D eigenvalue weighted by atomic mass is 16.5. The Kier molecular flexibility index (Phi) is 5.16. The van der Waals surface area contributed by atoms with Gasteiger partial charge in [-0.1, -0.05) is 0 Å². The van der Waals surface area contributed by atoms with Crippen LogP contribution in [-0.4, -0.2) is 43.5 Å². The third-order valence-corrected chi connectivity index (χ3v) is 5.24. The molecule has 1 aromatic rings. The third kappa shape index (κ3) is 3.43. The van der Waals surface area contributed by atoms with Gasteiger partial charge in [0.15, 0.2) is 11.5 Å². The van der Waals surface area contributed by atoms with E-state index in [4.69, 9.17) is 9.47 Å². The molecule has 6 nitrogen and oxygen atoms in total. The summed E-state index contributed by atoms with van der Waals surface area (Å²) in [5.41, 5.74) is 2.27. The van der Waals surface area contributed by atoms with Crippen LogP contribution in [0.3, 0.4) is 0 Å². The number of likely N-dealkylation sites (tertiary alicyclic amines) is 1. The van der Waals surface area contributed by atoms with E-state index < -0.39 is 0 Å². The van der Waals surface area contributed by atoms with Gasteiger partial charge in [0.1, 0.15) is 6.04 Å². The van der Waals surface area contributed by atoms with Gasteiger partial charge in [-0.15, -0.1) is 0 Å². The van der Waals surface area contributed by atoms with Crippen LogP contribution in [0.4, 0.5) is 0 Å². The number of fused-ring (bicyclic) bond motifs is 1. The molecule has 2 aliphatic rings. The lowest BCUT2D eigenvalue weighted by Gasteiger charge is -2.30. The summed E-state index contributed by atoms with van der Waals surface area (Å²) in [7, 11) is 3.24. The molecule has 1 aliphatic carbocycles. The van der Waals surface area contributed by atoms with Crippen LogP contribution in [0.25, 0.3) is 0 Å². The smallest absolute Gasteiger partial charge is 0.243 e. The highest BCUT2D eigenvalue weighted by Crippen LogP contribution is 2.38. The number of benzene rings is 1. The second kappa shape index (κ2) is 7.33. The minimum Gasteiger partial charge on any atom is -0.493 e. The van der Waals surface area contributed by atoms with Crippen LogP contribution in [0.5, 0.6) is 11.5 Å². The van der Waals surface area contributed by atoms with Crippen molar-refractivity contribution < 1.29 is 19.1 Å². The van der Waals surface area contributed by atoms with Gasteiger partial charge in [-0.25, -0.2) is 0 Å². The molecule has 1 unspecified atom stereocenters. The molecule has 1 saturated heterocycles. The maximum Gasteiger partial charge on any atom is 0.243 e. The van der Waals surface area contributed by atoms with Crippen LogP contribution >= 0.6 is 0 Å². The first kappa shape index (κ1) is 17.6. The molecule has 136 valence electrons. The van der Waals surface area contributed by atoms with Gasteiger partial charge in [0.05, 0.1) is 20.3 Å². The van der Waals surface area contributed by atoms with Crippen LogP contribution in [0.2, 0.25) is 0 Å². The van der Waals surface area contributed by atoms with E-state index in [1.54, 1.807) is 19.1 Å². The topological polar surface area (TPSA) is 67.9 Å². The molecule has 1 heterocycles. The number of aryl methyl sites for hydroxylation is 1. The summed E-state index contributed by atoms with van der Waals surface area (Å²) in [5, 5.41) is 3.16. The van der Waals surface area contributed by atoms with Gasteiger partial charge in [-0.2, -0.15) is 0 Å². The Balaban J connectivity index is 1.81. The predicted octanol–water partition coefficient (Wildman–Crippen LogP) is 2.21. The van der Waals surface area contributed by atoms with E-state index in [1.165, 1.54) is 12.5 Å². The third-order valence-electron chi connectivity index (χ3n) is 5.24. The molecule has 0 bridgehead atoms. The lowest BCUT2D eigenvalue weighted by molar-refractivity contribution is -0.137. The van der Waals surface area contributed by atoms with E-state index in [-0.39, 0.29) is 23.9 Å². The number of carbonyl (C=O) groups excluding carboxylic acids is 2. The Morgan fingerprint density at radius 2 is 1.84 bits per heavy atom. The molecule has 0 saturated carbocycles. The molecule has 25 heavy (non-hydrogen) atoms. The highest BCUT2D eigenvalue weighted by Gasteiger charge is 2.34. The Hall–Kier alpha value is -2.24. The van der Waals surface area contributed by atoms with E-state index in [2.05, 4.69) is 5.32 Å². The molecular formula is C19H26N2O4. The Labute approximate surface area is 148 Å². The summed E-state index contributed by atoms with van der Waals surface area (Å²) in [6.45, 7) is 2.19. The number of carbonyl (C=O) groups is 2. The van der Waals surface area contributed by atoms with E-state index in [0.29, 0.717) is 18.0 Å². The largest absolute Gasteiger partial charge is 0.493 e. The summed E-state index contributed by atoms with van der Waals surface area (Å²) in [6.07, 6.45) is 4.47. The SMILES string of the molecule is COc1cc2c(cc1OC)C(NC(=O)[C@@H]1CCCN1C(C)=O)CCC2. The van der Waals surface area contributed by atoms with Crippen LogP contribution < -0.4 is 14.8 Å². The summed E-state index contributed by atoms with van der Waals surface area (Å²) >= 11 is 0. The molecule has 1 N–H and O–H groups in total. The van der Waals surface area contributed by atoms with Crippen molar-refractivity contribution in [3.05, 3.63) is 23.3 Å². The fourth-order valence-electron chi connectivity index (χ4n) is 3.96. The second-order valence-corrected chi connectivity index (χ2v) is 6.73. The molecule has 1 aromatic carbocycles. The first-order chi connectivity index (χ1) is 12.0. The minimum absolute atomic E-state index is 0.0342. The van der Waals surface area contributed by atoms with Gasteiger partial charge in [0.25, 0.3) is 0 Å². The van der Waals surface area contributed by atoms with Crippen LogP contribution in [-0.2, 0) is 16.0 Å². The van der Waals surface area contributed by atoms with E-state index in [1.807, 2.05) is 12.1 Å². The second-order valence-electron chi connectivity index (χ2n) is 6.73. The Morgan fingerprint density at radius 1 is 1.12 bits per heavy atom. The number of rotatable bonds is 4. The van der Waals surface area contributed by atoms with Crippen LogP contribution in [0.15, 0.2) is 12.1 Å². The van der Waals surface area contributed by atoms with Gasteiger partial charge in [0, 0.05) is 13.5 Å². The number of methoxy groups -OCH3 is 2. The number of amides is 2. The highest BCUT2D eigenvalue weighted by molar-refractivity contribution is 5.87. The molecule has 2 amide bonds. The number of nitrogens with zero attached hydrogens (tertiary/aromatic N) is 1. The van der Waals surface area contributed by atoms with Crippen molar-refractivity contribution in [2.45, 2.75) is 51.1 Å². The minimum atomic E-state index is -0.344. The maximum absolute atomic E-state index is 12.8. The molecule has 0 spiro atoms. The standard InChI is InChI=1S/C19H26N2O4/c1-12(22)21-9-5-8-16(21)19(23)20-15-7-4-6-13-10-17(24-2)18(25-3)11-14(13)15/h10-11,15-16H,4-9H2,1-3H3,(H,20,23)/t15?,16-/m0/s1. The Bertz CT molecular complexity index is 674. The summed E-state index contributed by atoms with van der Waals surface area (Å²) in [4.78, 5) is 26.2. The molecule has 2 atom stereocenters. The quantitative estimate of drug-likeness (QED) is 0.908. The normalized spacial score (nSPS) is 22.3. The molecule has 0 aromatic heterocycles. The van der Waals surface area contributed by atoms with E-state index >= 15 is 0 Å². The maximum atomic E-state index is 12.8. The predicted molar refractivity (Wildman–Crippen MR) is 93.8 cm³/mol. The molecule has 1 aliphatic heterocycles. The van der Waals surface area contributed by atoms with Crippen molar-refractivity contribution in [1.82, 2.24) is 10.2 Å². The lowest BCUT2D eigenvalue weighted by Crippen LogP contribution is -2.46. The van der Waals surface area contributed by atoms with Gasteiger partial charge >= 0.3 is 0 Å². The molecule has 0 radical (unpaired) electrons. The zero-order valence-corrected chi connectivity index (χ0v) is 15.1. The summed E-state index contributed by atoms with van der Waals surface area (Å²) in [5.74, 6) is 1.30. The summed E-state index contributed by atoms with van der Waals surface area (Å²) < 4.78 is 10.8. The first-order valence-electron chi connectivity index (χ1n) is 8.87. The van der Waals surface area contributed by atoms with E-state index in [9.17, 15) is 9.59 Å². The number of hydrogen-bond donors (Lipinski definition) is 1. The zero-order valence-electron chi connectivity index (χ0n) is 15.1. The summed E-state index contributed by atoms with van der Waals surface area (Å²) in [6, 6.07) is 3.58. The van der Waals surface area contributed by atoms with Crippen LogP contribution in [0.1, 0.15) is 49.8 Å². The zero-order chi connectivity index (χ0) is 18.0. The molecule has 3 rings (SSSR count). The van der Waals surface area contributed by atoms with Gasteiger partial charge in [-0.3, -0.25) is 9.59 Å². The molecule has 6 heteroatoms. The van der Waals surface area contributed by atoms with Crippen molar-refractivity contribution in [1.29, 1.82) is 0 Å². The van der Waals surface area contributed by atoms with Crippen molar-refractivity contribution >= 4 is 11.8 Å². The van der Waals surface area contributed by atoms with Gasteiger partial charge < -0.3 is 19.7 Å². The van der Waals surface area contributed by atoms with Crippen molar-refractivity contribution in [3.8, 4) is 11.5 Å². The van der Waals surface area contributed by atoms with E-state index in [0.717, 1.165) is 37.7 Å². The molecule has 1 fully saturated rings. The Morgan fingerprint density at radius 3 is 2.52 bits per heavy atom. The number of ether oxygens (including phenoxy) is 2. The fraction of sp³-hybridized carbons (Fsp3) is 0.579.